The van der Waals surface area contributed by atoms with Gasteiger partial charge >= 0.3 is 6.18 Å². The molecule has 0 bridgehead atoms. The Morgan fingerprint density at radius 3 is 2.72 bits per heavy atom. The molecule has 0 atom stereocenters. The molecule has 0 aliphatic carbocycles. The Balaban J connectivity index is 1.56. The number of aromatic amines is 1. The number of amides is 2. The van der Waals surface area contributed by atoms with E-state index in [9.17, 15) is 22.8 Å². The van der Waals surface area contributed by atoms with Crippen LogP contribution >= 0.6 is 11.5 Å². The van der Waals surface area contributed by atoms with Gasteiger partial charge in [-0.15, -0.1) is 5.10 Å². The van der Waals surface area contributed by atoms with E-state index in [-0.39, 0.29) is 17.5 Å². The molecule has 3 rings (SSSR count). The summed E-state index contributed by atoms with van der Waals surface area (Å²) in [6.07, 6.45) is -1.56. The van der Waals surface area contributed by atoms with Crippen molar-refractivity contribution >= 4 is 23.3 Å². The van der Waals surface area contributed by atoms with Gasteiger partial charge in [0.05, 0.1) is 5.69 Å². The molecule has 0 spiro atoms. The average molecular weight is 430 g/mol. The van der Waals surface area contributed by atoms with E-state index in [2.05, 4.69) is 19.8 Å². The Kier molecular flexibility index (Phi) is 6.50. The molecule has 2 amide bonds. The Hall–Kier alpha value is -2.50. The van der Waals surface area contributed by atoms with Crippen LogP contribution in [0.25, 0.3) is 0 Å². The number of carbonyl (C=O) groups is 2. The van der Waals surface area contributed by atoms with Crippen molar-refractivity contribution < 1.29 is 22.8 Å². The van der Waals surface area contributed by atoms with Gasteiger partial charge in [0.2, 0.25) is 0 Å². The largest absolute Gasteiger partial charge is 0.405 e. The maximum atomic E-state index is 12.7. The Morgan fingerprint density at radius 2 is 2.07 bits per heavy atom. The molecule has 0 unspecified atom stereocenters. The van der Waals surface area contributed by atoms with Gasteiger partial charge in [0.15, 0.2) is 0 Å². The fourth-order valence-electron chi connectivity index (χ4n) is 3.24. The van der Waals surface area contributed by atoms with Crippen molar-refractivity contribution in [1.82, 2.24) is 30.0 Å². The van der Waals surface area contributed by atoms with E-state index in [1.807, 2.05) is 6.92 Å². The van der Waals surface area contributed by atoms with Crippen molar-refractivity contribution in [3.05, 3.63) is 28.0 Å². The molecule has 158 valence electrons. The summed E-state index contributed by atoms with van der Waals surface area (Å²) in [5.41, 5.74) is 1.33. The number of rotatable bonds is 6. The van der Waals surface area contributed by atoms with E-state index in [0.29, 0.717) is 42.9 Å². The van der Waals surface area contributed by atoms with E-state index in [1.54, 1.807) is 10.2 Å². The third-order valence-electron chi connectivity index (χ3n) is 4.74. The van der Waals surface area contributed by atoms with Crippen LogP contribution in [0.3, 0.4) is 0 Å². The van der Waals surface area contributed by atoms with Crippen molar-refractivity contribution in [3.63, 3.8) is 0 Å². The molecule has 2 aromatic heterocycles. The molecule has 1 aliphatic rings. The normalized spacial score (nSPS) is 15.5. The monoisotopic (exact) mass is 430 g/mol. The zero-order chi connectivity index (χ0) is 21.0. The van der Waals surface area contributed by atoms with Crippen LogP contribution in [-0.2, 0) is 6.42 Å². The highest BCUT2D eigenvalue weighted by Gasteiger charge is 2.30. The summed E-state index contributed by atoms with van der Waals surface area (Å²) < 4.78 is 40.5. The quantitative estimate of drug-likeness (QED) is 0.733. The first-order chi connectivity index (χ1) is 13.8. The smallest absolute Gasteiger partial charge is 0.342 e. The molecule has 2 N–H and O–H groups in total. The maximum absolute atomic E-state index is 12.7. The number of nitrogens with zero attached hydrogens (tertiary/aromatic N) is 4. The number of halogens is 3. The van der Waals surface area contributed by atoms with Crippen LogP contribution in [-0.4, -0.2) is 62.3 Å². The minimum atomic E-state index is -4.47. The number of H-pyrrole nitrogens is 1. The fourth-order valence-corrected chi connectivity index (χ4v) is 3.92. The van der Waals surface area contributed by atoms with Crippen molar-refractivity contribution in [2.45, 2.75) is 44.7 Å². The SMILES string of the molecule is CCCc1nnsc1C(=O)N1CCC(c2cc(C(=O)NCC(F)(F)F)n[nH]2)CC1. The van der Waals surface area contributed by atoms with Crippen LogP contribution in [0.1, 0.15) is 63.7 Å². The van der Waals surface area contributed by atoms with Gasteiger partial charge in [0.1, 0.15) is 17.1 Å². The lowest BCUT2D eigenvalue weighted by Crippen LogP contribution is -2.38. The van der Waals surface area contributed by atoms with Crippen LogP contribution < -0.4 is 5.32 Å². The van der Waals surface area contributed by atoms with Gasteiger partial charge in [-0.1, -0.05) is 17.8 Å². The minimum absolute atomic E-state index is 0.0467. The van der Waals surface area contributed by atoms with Crippen LogP contribution in [0.4, 0.5) is 13.2 Å². The number of aromatic nitrogens is 4. The highest BCUT2D eigenvalue weighted by Crippen LogP contribution is 2.28. The number of aryl methyl sites for hydroxylation is 1. The molecule has 29 heavy (non-hydrogen) atoms. The summed E-state index contributed by atoms with van der Waals surface area (Å²) in [7, 11) is 0. The topological polar surface area (TPSA) is 104 Å². The summed E-state index contributed by atoms with van der Waals surface area (Å²) in [5, 5.41) is 12.4. The second-order valence-electron chi connectivity index (χ2n) is 6.87. The number of hydrogen-bond donors (Lipinski definition) is 2. The van der Waals surface area contributed by atoms with E-state index in [0.717, 1.165) is 23.6 Å². The van der Waals surface area contributed by atoms with E-state index in [4.69, 9.17) is 0 Å². The van der Waals surface area contributed by atoms with Gasteiger partial charge in [-0.2, -0.15) is 18.3 Å². The summed E-state index contributed by atoms with van der Waals surface area (Å²) in [6.45, 7) is 1.67. The Morgan fingerprint density at radius 1 is 1.34 bits per heavy atom. The Labute approximate surface area is 169 Å². The fraction of sp³-hybridized carbons (Fsp3) is 0.588. The highest BCUT2D eigenvalue weighted by atomic mass is 32.1. The zero-order valence-corrected chi connectivity index (χ0v) is 16.6. The standard InChI is InChI=1S/C17H21F3N6O2S/c1-2-3-11-14(29-25-24-11)16(28)26-6-4-10(5-7-26)12-8-13(23-22-12)15(27)21-9-17(18,19)20/h8,10H,2-7,9H2,1H3,(H,21,27)(H,22,23). The summed E-state index contributed by atoms with van der Waals surface area (Å²) in [4.78, 5) is 26.9. The first-order valence-corrected chi connectivity index (χ1v) is 10.1. The highest BCUT2D eigenvalue weighted by molar-refractivity contribution is 7.08. The van der Waals surface area contributed by atoms with Gasteiger partial charge in [-0.25, -0.2) is 0 Å². The third-order valence-corrected chi connectivity index (χ3v) is 5.49. The van der Waals surface area contributed by atoms with E-state index in [1.165, 1.54) is 6.07 Å². The van der Waals surface area contributed by atoms with Gasteiger partial charge in [-0.05, 0) is 36.9 Å². The Bertz CT molecular complexity index is 857. The van der Waals surface area contributed by atoms with Crippen molar-refractivity contribution in [3.8, 4) is 0 Å². The molecular weight excluding hydrogens is 409 g/mol. The number of likely N-dealkylation sites (tertiary alicyclic amines) is 1. The predicted octanol–water partition coefficient (Wildman–Crippen LogP) is 2.53. The molecule has 0 aromatic carbocycles. The molecule has 12 heteroatoms. The average Bonchev–Trinajstić information content (AvgIpc) is 3.35. The second-order valence-corrected chi connectivity index (χ2v) is 7.63. The van der Waals surface area contributed by atoms with Gasteiger partial charge < -0.3 is 10.2 Å². The van der Waals surface area contributed by atoms with Crippen LogP contribution in [0.2, 0.25) is 0 Å². The molecule has 1 saturated heterocycles. The molecule has 0 radical (unpaired) electrons. The number of hydrogen-bond acceptors (Lipinski definition) is 6. The van der Waals surface area contributed by atoms with E-state index < -0.39 is 18.6 Å². The zero-order valence-electron chi connectivity index (χ0n) is 15.8. The number of piperidine rings is 1. The first kappa shape index (κ1) is 21.2. The number of nitrogens with one attached hydrogen (secondary N) is 2. The minimum Gasteiger partial charge on any atom is -0.342 e. The molecule has 3 heterocycles. The first-order valence-electron chi connectivity index (χ1n) is 9.29. The lowest BCUT2D eigenvalue weighted by molar-refractivity contribution is -0.123. The third kappa shape index (κ3) is 5.31. The molecule has 2 aromatic rings. The van der Waals surface area contributed by atoms with Crippen molar-refractivity contribution in [1.29, 1.82) is 0 Å². The number of alkyl halides is 3. The second kappa shape index (κ2) is 8.89. The van der Waals surface area contributed by atoms with Crippen LogP contribution in [0.5, 0.6) is 0 Å². The lowest BCUT2D eigenvalue weighted by atomic mass is 9.93. The van der Waals surface area contributed by atoms with Crippen LogP contribution in [0.15, 0.2) is 6.07 Å². The van der Waals surface area contributed by atoms with Gasteiger partial charge in [0, 0.05) is 24.7 Å². The summed E-state index contributed by atoms with van der Waals surface area (Å²) >= 11 is 1.11. The lowest BCUT2D eigenvalue weighted by Gasteiger charge is -2.31. The summed E-state index contributed by atoms with van der Waals surface area (Å²) in [6, 6.07) is 1.47. The molecule has 1 aliphatic heterocycles. The van der Waals surface area contributed by atoms with Crippen LogP contribution in [0, 0.1) is 0 Å². The van der Waals surface area contributed by atoms with Crippen molar-refractivity contribution in [2.75, 3.05) is 19.6 Å². The van der Waals surface area contributed by atoms with Crippen molar-refractivity contribution in [2.24, 2.45) is 0 Å². The summed E-state index contributed by atoms with van der Waals surface area (Å²) in [5.74, 6) is -0.900. The molecular formula is C17H21F3N6O2S. The predicted molar refractivity (Wildman–Crippen MR) is 98.8 cm³/mol. The molecule has 1 fully saturated rings. The number of carbonyl (C=O) groups excluding carboxylic acids is 2. The molecule has 0 saturated carbocycles. The molecule has 8 nitrogen and oxygen atoms in total. The van der Waals surface area contributed by atoms with Gasteiger partial charge in [0.25, 0.3) is 11.8 Å². The van der Waals surface area contributed by atoms with E-state index >= 15 is 0 Å². The van der Waals surface area contributed by atoms with Gasteiger partial charge in [-0.3, -0.25) is 14.7 Å². The maximum Gasteiger partial charge on any atom is 0.405 e.